The van der Waals surface area contributed by atoms with E-state index in [9.17, 15) is 9.90 Å². The van der Waals surface area contributed by atoms with Crippen molar-refractivity contribution in [2.45, 2.75) is 51.4 Å². The molecule has 2 atom stereocenters. The summed E-state index contributed by atoms with van der Waals surface area (Å²) >= 11 is 0. The van der Waals surface area contributed by atoms with E-state index in [-0.39, 0.29) is 5.56 Å². The average Bonchev–Trinajstić information content (AvgIpc) is 2.70. The Morgan fingerprint density at radius 3 is 2.24 bits per heavy atom. The maximum atomic E-state index is 11.4. The fraction of sp³-hybridized carbons (Fsp3) is 0.444. The van der Waals surface area contributed by atoms with Crippen molar-refractivity contribution in [3.05, 3.63) is 70.8 Å². The van der Waals surface area contributed by atoms with Gasteiger partial charge in [-0.15, -0.1) is 0 Å². The van der Waals surface area contributed by atoms with Gasteiger partial charge in [-0.1, -0.05) is 50.0 Å². The molecule has 4 bridgehead atoms. The lowest BCUT2D eigenvalue weighted by Crippen LogP contribution is -2.59. The highest BCUT2D eigenvalue weighted by Gasteiger charge is 2.61. The van der Waals surface area contributed by atoms with Crippen LogP contribution in [0.25, 0.3) is 0 Å². The fourth-order valence-electron chi connectivity index (χ4n) is 6.87. The van der Waals surface area contributed by atoms with Crippen LogP contribution in [0.1, 0.15) is 73.0 Å². The van der Waals surface area contributed by atoms with Crippen LogP contribution in [0.4, 0.5) is 0 Å². The van der Waals surface area contributed by atoms with Crippen molar-refractivity contribution in [1.82, 2.24) is 0 Å². The first-order valence-corrected chi connectivity index (χ1v) is 10.8. The molecule has 2 aromatic carbocycles. The van der Waals surface area contributed by atoms with Gasteiger partial charge in [0, 0.05) is 16.5 Å². The molecule has 0 radical (unpaired) electrons. The standard InChI is InChI=1S/C27H28O2/c1-26(2)23-14-19-13-20(15-23)17-27(26,16-19)22-11-8-18(9-12-22)7-10-21-5-3-4-6-24(21)25(28)29/h3-6,8-9,11-12,19-20,23H,13-17H2,1-2H3,(H,28,29). The van der Waals surface area contributed by atoms with Crippen molar-refractivity contribution in [1.29, 1.82) is 0 Å². The van der Waals surface area contributed by atoms with Crippen molar-refractivity contribution in [2.24, 2.45) is 23.2 Å². The van der Waals surface area contributed by atoms with Crippen LogP contribution in [-0.2, 0) is 5.41 Å². The molecule has 0 amide bonds. The molecule has 4 fully saturated rings. The molecule has 0 saturated heterocycles. The monoisotopic (exact) mass is 384 g/mol. The molecular weight excluding hydrogens is 356 g/mol. The molecule has 29 heavy (non-hydrogen) atoms. The first-order chi connectivity index (χ1) is 13.9. The predicted molar refractivity (Wildman–Crippen MR) is 115 cm³/mol. The summed E-state index contributed by atoms with van der Waals surface area (Å²) in [4.78, 5) is 11.4. The van der Waals surface area contributed by atoms with Crippen LogP contribution in [0, 0.1) is 35.0 Å². The summed E-state index contributed by atoms with van der Waals surface area (Å²) in [5.41, 5.74) is 3.91. The lowest BCUT2D eigenvalue weighted by molar-refractivity contribution is -0.113. The highest BCUT2D eigenvalue weighted by Crippen LogP contribution is 2.68. The van der Waals surface area contributed by atoms with E-state index in [1.807, 2.05) is 6.07 Å². The molecule has 4 aliphatic carbocycles. The zero-order valence-corrected chi connectivity index (χ0v) is 17.2. The molecule has 0 spiro atoms. The third kappa shape index (κ3) is 2.83. The van der Waals surface area contributed by atoms with Gasteiger partial charge in [-0.3, -0.25) is 0 Å². The molecule has 2 heteroatoms. The van der Waals surface area contributed by atoms with Crippen molar-refractivity contribution in [3.8, 4) is 11.8 Å². The Bertz CT molecular complexity index is 1000. The van der Waals surface area contributed by atoms with E-state index in [1.54, 1.807) is 18.2 Å². The van der Waals surface area contributed by atoms with Gasteiger partial charge in [-0.05, 0) is 85.1 Å². The number of rotatable bonds is 2. The maximum Gasteiger partial charge on any atom is 0.336 e. The predicted octanol–water partition coefficient (Wildman–Crippen LogP) is 5.89. The summed E-state index contributed by atoms with van der Waals surface area (Å²) in [5, 5.41) is 9.33. The minimum absolute atomic E-state index is 0.256. The second-order valence-electron chi connectivity index (χ2n) is 10.0. The Morgan fingerprint density at radius 2 is 1.59 bits per heavy atom. The highest BCUT2D eigenvalue weighted by molar-refractivity contribution is 5.90. The first kappa shape index (κ1) is 18.5. The van der Waals surface area contributed by atoms with Crippen LogP contribution in [0.3, 0.4) is 0 Å². The third-order valence-corrected chi connectivity index (χ3v) is 8.37. The summed E-state index contributed by atoms with van der Waals surface area (Å²) in [6.07, 6.45) is 6.98. The third-order valence-electron chi connectivity index (χ3n) is 8.37. The van der Waals surface area contributed by atoms with E-state index in [4.69, 9.17) is 0 Å². The Balaban J connectivity index is 1.46. The summed E-state index contributed by atoms with van der Waals surface area (Å²) in [6, 6.07) is 15.8. The van der Waals surface area contributed by atoms with Crippen LogP contribution < -0.4 is 0 Å². The van der Waals surface area contributed by atoms with E-state index in [0.717, 1.165) is 23.3 Å². The van der Waals surface area contributed by atoms with Gasteiger partial charge >= 0.3 is 5.97 Å². The molecule has 148 valence electrons. The minimum Gasteiger partial charge on any atom is -0.478 e. The van der Waals surface area contributed by atoms with E-state index in [0.29, 0.717) is 16.4 Å². The zero-order valence-electron chi connectivity index (χ0n) is 17.2. The second kappa shape index (κ2) is 6.49. The molecule has 2 nitrogen and oxygen atoms in total. The largest absolute Gasteiger partial charge is 0.478 e. The molecule has 2 aromatic rings. The summed E-state index contributed by atoms with van der Waals surface area (Å²) in [5.74, 6) is 7.96. The number of carboxylic acid groups (broad SMARTS) is 1. The molecule has 0 aromatic heterocycles. The number of carbonyl (C=O) groups is 1. The second-order valence-corrected chi connectivity index (χ2v) is 10.0. The molecule has 4 aliphatic rings. The van der Waals surface area contributed by atoms with Gasteiger partial charge in [0.25, 0.3) is 0 Å². The summed E-state index contributed by atoms with van der Waals surface area (Å²) in [7, 11) is 0. The van der Waals surface area contributed by atoms with E-state index < -0.39 is 5.97 Å². The van der Waals surface area contributed by atoms with Crippen LogP contribution in [0.15, 0.2) is 48.5 Å². The normalized spacial score (nSPS) is 31.2. The maximum absolute atomic E-state index is 11.4. The number of hydrogen-bond acceptors (Lipinski definition) is 1. The average molecular weight is 385 g/mol. The van der Waals surface area contributed by atoms with Crippen LogP contribution in [-0.4, -0.2) is 11.1 Å². The smallest absolute Gasteiger partial charge is 0.336 e. The SMILES string of the molecule is CC1(C)C2CC3CC(C2)CC1(c1ccc(C#Cc2ccccc2C(=O)O)cc1)C3. The summed E-state index contributed by atoms with van der Waals surface area (Å²) < 4.78 is 0. The minimum atomic E-state index is -0.936. The lowest BCUT2D eigenvalue weighted by atomic mass is 9.38. The Hall–Kier alpha value is -2.53. The van der Waals surface area contributed by atoms with Gasteiger partial charge in [-0.25, -0.2) is 4.79 Å². The number of carboxylic acids is 1. The molecule has 6 rings (SSSR count). The number of aromatic carboxylic acids is 1. The molecule has 0 aliphatic heterocycles. The van der Waals surface area contributed by atoms with Crippen molar-refractivity contribution in [3.63, 3.8) is 0 Å². The van der Waals surface area contributed by atoms with Crippen LogP contribution >= 0.6 is 0 Å². The van der Waals surface area contributed by atoms with E-state index >= 15 is 0 Å². The zero-order chi connectivity index (χ0) is 20.2. The van der Waals surface area contributed by atoms with Crippen molar-refractivity contribution >= 4 is 5.97 Å². The number of hydrogen-bond donors (Lipinski definition) is 1. The molecule has 4 saturated carbocycles. The van der Waals surface area contributed by atoms with E-state index in [2.05, 4.69) is 50.0 Å². The molecule has 2 unspecified atom stereocenters. The van der Waals surface area contributed by atoms with Gasteiger partial charge in [0.2, 0.25) is 0 Å². The summed E-state index contributed by atoms with van der Waals surface area (Å²) in [6.45, 7) is 5.01. The molecular formula is C27H28O2. The number of benzene rings is 2. The van der Waals surface area contributed by atoms with Gasteiger partial charge in [0.05, 0.1) is 5.56 Å². The van der Waals surface area contributed by atoms with Crippen molar-refractivity contribution in [2.75, 3.05) is 0 Å². The van der Waals surface area contributed by atoms with Gasteiger partial charge in [0.1, 0.15) is 0 Å². The lowest BCUT2D eigenvalue weighted by Gasteiger charge is -2.66. The first-order valence-electron chi connectivity index (χ1n) is 10.8. The Labute approximate surface area is 173 Å². The fourth-order valence-corrected chi connectivity index (χ4v) is 6.87. The van der Waals surface area contributed by atoms with Gasteiger partial charge in [0.15, 0.2) is 0 Å². The Morgan fingerprint density at radius 1 is 0.931 bits per heavy atom. The molecule has 1 N–H and O–H groups in total. The van der Waals surface area contributed by atoms with Gasteiger partial charge in [-0.2, -0.15) is 0 Å². The van der Waals surface area contributed by atoms with Gasteiger partial charge < -0.3 is 5.11 Å². The van der Waals surface area contributed by atoms with Crippen molar-refractivity contribution < 1.29 is 9.90 Å². The topological polar surface area (TPSA) is 37.3 Å². The highest BCUT2D eigenvalue weighted by atomic mass is 16.4. The van der Waals surface area contributed by atoms with Crippen LogP contribution in [0.2, 0.25) is 0 Å². The van der Waals surface area contributed by atoms with Crippen LogP contribution in [0.5, 0.6) is 0 Å². The van der Waals surface area contributed by atoms with E-state index in [1.165, 1.54) is 37.7 Å². The Kier molecular flexibility index (Phi) is 4.14. The molecule has 0 heterocycles. The quantitative estimate of drug-likeness (QED) is 0.656.